The lowest BCUT2D eigenvalue weighted by molar-refractivity contribution is -0.137. The van der Waals surface area contributed by atoms with E-state index in [1.165, 1.54) is 0 Å². The highest BCUT2D eigenvalue weighted by Gasteiger charge is 2.27. The summed E-state index contributed by atoms with van der Waals surface area (Å²) in [4.78, 5) is 13.6. The molecule has 17 heavy (non-hydrogen) atoms. The molecular formula is C13H20N2O2. The smallest absolute Gasteiger partial charge is 0.242 e. The molecule has 1 aromatic rings. The Morgan fingerprint density at radius 1 is 1.35 bits per heavy atom. The van der Waals surface area contributed by atoms with Gasteiger partial charge in [0.1, 0.15) is 0 Å². The SMILES string of the molecule is CC(C)(N)C(=O)N(CCO)Cc1ccccc1. The summed E-state index contributed by atoms with van der Waals surface area (Å²) in [5.41, 5.74) is 5.90. The van der Waals surface area contributed by atoms with E-state index in [1.54, 1.807) is 18.7 Å². The van der Waals surface area contributed by atoms with Crippen LogP contribution >= 0.6 is 0 Å². The molecule has 1 amide bonds. The molecule has 0 atom stereocenters. The Labute approximate surface area is 102 Å². The predicted molar refractivity (Wildman–Crippen MR) is 67.2 cm³/mol. The van der Waals surface area contributed by atoms with Crippen molar-refractivity contribution in [3.63, 3.8) is 0 Å². The summed E-state index contributed by atoms with van der Waals surface area (Å²) in [6.45, 7) is 4.05. The van der Waals surface area contributed by atoms with Gasteiger partial charge < -0.3 is 15.7 Å². The number of amides is 1. The largest absolute Gasteiger partial charge is 0.395 e. The van der Waals surface area contributed by atoms with Gasteiger partial charge in [-0.05, 0) is 19.4 Å². The second-order valence-corrected chi connectivity index (χ2v) is 4.66. The van der Waals surface area contributed by atoms with Crippen LogP contribution in [-0.2, 0) is 11.3 Å². The van der Waals surface area contributed by atoms with Crippen LogP contribution in [0.4, 0.5) is 0 Å². The normalized spacial score (nSPS) is 11.3. The number of aliphatic hydroxyl groups excluding tert-OH is 1. The summed E-state index contributed by atoms with van der Waals surface area (Å²) in [6, 6.07) is 9.66. The Balaban J connectivity index is 2.77. The molecule has 1 aromatic carbocycles. The molecule has 0 aliphatic carbocycles. The van der Waals surface area contributed by atoms with E-state index >= 15 is 0 Å². The van der Waals surface area contributed by atoms with Crippen LogP contribution < -0.4 is 5.73 Å². The third-order valence-electron chi connectivity index (χ3n) is 2.42. The third-order valence-corrected chi connectivity index (χ3v) is 2.42. The van der Waals surface area contributed by atoms with Gasteiger partial charge >= 0.3 is 0 Å². The zero-order valence-corrected chi connectivity index (χ0v) is 10.4. The standard InChI is InChI=1S/C13H20N2O2/c1-13(2,14)12(17)15(8-9-16)10-11-6-4-3-5-7-11/h3-7,16H,8-10,14H2,1-2H3. The van der Waals surface area contributed by atoms with Gasteiger partial charge in [0.15, 0.2) is 0 Å². The molecule has 3 N–H and O–H groups in total. The lowest BCUT2D eigenvalue weighted by Crippen LogP contribution is -2.51. The maximum atomic E-state index is 12.0. The van der Waals surface area contributed by atoms with Gasteiger partial charge in [-0.3, -0.25) is 4.79 Å². The van der Waals surface area contributed by atoms with Crippen molar-refractivity contribution in [1.82, 2.24) is 4.90 Å². The van der Waals surface area contributed by atoms with Crippen LogP contribution in [0.5, 0.6) is 0 Å². The van der Waals surface area contributed by atoms with Gasteiger partial charge in [-0.25, -0.2) is 0 Å². The Morgan fingerprint density at radius 2 is 1.94 bits per heavy atom. The van der Waals surface area contributed by atoms with Crippen molar-refractivity contribution < 1.29 is 9.90 Å². The number of aliphatic hydroxyl groups is 1. The monoisotopic (exact) mass is 236 g/mol. The minimum Gasteiger partial charge on any atom is -0.395 e. The minimum atomic E-state index is -0.913. The van der Waals surface area contributed by atoms with Crippen molar-refractivity contribution in [1.29, 1.82) is 0 Å². The van der Waals surface area contributed by atoms with Crippen molar-refractivity contribution in [3.05, 3.63) is 35.9 Å². The first kappa shape index (κ1) is 13.7. The molecule has 0 spiro atoms. The van der Waals surface area contributed by atoms with Gasteiger partial charge in [0.2, 0.25) is 5.91 Å². The van der Waals surface area contributed by atoms with Crippen LogP contribution in [0.2, 0.25) is 0 Å². The highest BCUT2D eigenvalue weighted by molar-refractivity contribution is 5.85. The maximum Gasteiger partial charge on any atom is 0.242 e. The van der Waals surface area contributed by atoms with Gasteiger partial charge in [0.25, 0.3) is 0 Å². The van der Waals surface area contributed by atoms with E-state index in [9.17, 15) is 4.79 Å². The molecule has 0 unspecified atom stereocenters. The van der Waals surface area contributed by atoms with Gasteiger partial charge in [-0.15, -0.1) is 0 Å². The third kappa shape index (κ3) is 4.17. The molecule has 0 aliphatic rings. The number of hydrogen-bond donors (Lipinski definition) is 2. The Morgan fingerprint density at radius 3 is 2.41 bits per heavy atom. The van der Waals surface area contributed by atoms with E-state index in [0.29, 0.717) is 13.1 Å². The molecule has 0 saturated carbocycles. The fraction of sp³-hybridized carbons (Fsp3) is 0.462. The van der Waals surface area contributed by atoms with Crippen molar-refractivity contribution in [2.45, 2.75) is 25.9 Å². The molecule has 0 aliphatic heterocycles. The number of rotatable bonds is 5. The Kier molecular flexibility index (Phi) is 4.66. The average Bonchev–Trinajstić information content (AvgIpc) is 2.28. The van der Waals surface area contributed by atoms with Crippen molar-refractivity contribution in [3.8, 4) is 0 Å². The van der Waals surface area contributed by atoms with E-state index in [-0.39, 0.29) is 12.5 Å². The van der Waals surface area contributed by atoms with Crippen molar-refractivity contribution in [2.75, 3.05) is 13.2 Å². The number of nitrogens with zero attached hydrogens (tertiary/aromatic N) is 1. The van der Waals surface area contributed by atoms with Crippen LogP contribution in [0.1, 0.15) is 19.4 Å². The lowest BCUT2D eigenvalue weighted by atomic mass is 10.0. The zero-order valence-electron chi connectivity index (χ0n) is 10.4. The molecule has 0 heterocycles. The van der Waals surface area contributed by atoms with E-state index in [2.05, 4.69) is 0 Å². The first-order valence-corrected chi connectivity index (χ1v) is 5.68. The summed E-state index contributed by atoms with van der Waals surface area (Å²) in [5.74, 6) is -0.157. The topological polar surface area (TPSA) is 66.6 Å². The number of carbonyl (C=O) groups excluding carboxylic acids is 1. The first-order chi connectivity index (χ1) is 7.95. The van der Waals surface area contributed by atoms with Crippen LogP contribution in [0.25, 0.3) is 0 Å². The predicted octanol–water partition coefficient (Wildman–Crippen LogP) is 0.745. The second kappa shape index (κ2) is 5.80. The molecule has 0 radical (unpaired) electrons. The van der Waals surface area contributed by atoms with Gasteiger partial charge in [-0.2, -0.15) is 0 Å². The minimum absolute atomic E-state index is 0.0609. The summed E-state index contributed by atoms with van der Waals surface area (Å²) in [6.07, 6.45) is 0. The number of nitrogens with two attached hydrogens (primary N) is 1. The highest BCUT2D eigenvalue weighted by Crippen LogP contribution is 2.09. The lowest BCUT2D eigenvalue weighted by Gasteiger charge is -2.29. The van der Waals surface area contributed by atoms with Gasteiger partial charge in [-0.1, -0.05) is 30.3 Å². The second-order valence-electron chi connectivity index (χ2n) is 4.66. The number of hydrogen-bond acceptors (Lipinski definition) is 3. The fourth-order valence-electron chi connectivity index (χ4n) is 1.58. The van der Waals surface area contributed by atoms with Crippen molar-refractivity contribution in [2.24, 2.45) is 5.73 Å². The molecule has 0 bridgehead atoms. The highest BCUT2D eigenvalue weighted by atomic mass is 16.3. The summed E-state index contributed by atoms with van der Waals surface area (Å²) < 4.78 is 0. The molecule has 0 aromatic heterocycles. The van der Waals surface area contributed by atoms with Crippen LogP contribution in [0, 0.1) is 0 Å². The molecule has 0 saturated heterocycles. The van der Waals surface area contributed by atoms with Crippen molar-refractivity contribution >= 4 is 5.91 Å². The number of carbonyl (C=O) groups is 1. The summed E-state index contributed by atoms with van der Waals surface area (Å²) in [5, 5.41) is 8.99. The zero-order chi connectivity index (χ0) is 12.9. The van der Waals surface area contributed by atoms with E-state index in [0.717, 1.165) is 5.56 Å². The fourth-order valence-corrected chi connectivity index (χ4v) is 1.58. The first-order valence-electron chi connectivity index (χ1n) is 5.68. The molecular weight excluding hydrogens is 216 g/mol. The van der Waals surface area contributed by atoms with Crippen LogP contribution in [-0.4, -0.2) is 34.6 Å². The van der Waals surface area contributed by atoms with Crippen LogP contribution in [0.15, 0.2) is 30.3 Å². The Hall–Kier alpha value is -1.39. The van der Waals surface area contributed by atoms with E-state index in [1.807, 2.05) is 30.3 Å². The maximum absolute atomic E-state index is 12.0. The van der Waals surface area contributed by atoms with Gasteiger partial charge in [0, 0.05) is 13.1 Å². The quantitative estimate of drug-likeness (QED) is 0.792. The van der Waals surface area contributed by atoms with E-state index < -0.39 is 5.54 Å². The molecule has 4 nitrogen and oxygen atoms in total. The summed E-state index contributed by atoms with van der Waals surface area (Å²) in [7, 11) is 0. The molecule has 1 rings (SSSR count). The van der Waals surface area contributed by atoms with Gasteiger partial charge in [0.05, 0.1) is 12.1 Å². The average molecular weight is 236 g/mol. The number of benzene rings is 1. The molecule has 0 fully saturated rings. The molecule has 4 heteroatoms. The van der Waals surface area contributed by atoms with E-state index in [4.69, 9.17) is 10.8 Å². The Bertz CT molecular complexity index is 357. The van der Waals surface area contributed by atoms with Crippen LogP contribution in [0.3, 0.4) is 0 Å². The molecule has 94 valence electrons. The summed E-state index contributed by atoms with van der Waals surface area (Å²) >= 11 is 0.